The number of carboxylic acids is 1. The second-order valence-electron chi connectivity index (χ2n) is 3.70. The molecule has 0 fully saturated rings. The fourth-order valence-corrected chi connectivity index (χ4v) is 3.29. The number of halogens is 2. The molecule has 0 aliphatic rings. The minimum absolute atomic E-state index is 0.0918. The predicted octanol–water partition coefficient (Wildman–Crippen LogP) is 3.57. The molecule has 3 heterocycles. The van der Waals surface area contributed by atoms with E-state index in [0.29, 0.717) is 11.5 Å². The number of carbonyl (C=O) groups is 1. The van der Waals surface area contributed by atoms with Crippen LogP contribution in [0.5, 0.6) is 0 Å². The molecular formula is C11H5BrClN3O2S. The number of rotatable bonds is 2. The third-order valence-corrected chi connectivity index (χ3v) is 4.40. The first-order valence-corrected chi connectivity index (χ1v) is 7.08. The number of hydrogen-bond acceptors (Lipinski definition) is 4. The Balaban J connectivity index is 2.29. The van der Waals surface area contributed by atoms with Gasteiger partial charge < -0.3 is 5.11 Å². The van der Waals surface area contributed by atoms with E-state index in [1.165, 1.54) is 23.6 Å². The largest absolute Gasteiger partial charge is 0.478 e. The Kier molecular flexibility index (Phi) is 3.04. The zero-order valence-electron chi connectivity index (χ0n) is 9.17. The highest BCUT2D eigenvalue weighted by atomic mass is 79.9. The third-order valence-electron chi connectivity index (χ3n) is 2.50. The lowest BCUT2D eigenvalue weighted by molar-refractivity contribution is 0.0696. The Hall–Kier alpha value is -1.44. The number of thiophene rings is 1. The summed E-state index contributed by atoms with van der Waals surface area (Å²) in [6.07, 6.45) is 1.46. The topological polar surface area (TPSA) is 67.5 Å². The summed E-state index contributed by atoms with van der Waals surface area (Å²) in [5, 5.41) is 17.4. The molecule has 96 valence electrons. The van der Waals surface area contributed by atoms with Crippen LogP contribution in [-0.4, -0.2) is 25.7 Å². The first-order chi connectivity index (χ1) is 9.06. The van der Waals surface area contributed by atoms with Gasteiger partial charge in [-0.3, -0.25) is 4.40 Å². The van der Waals surface area contributed by atoms with Crippen molar-refractivity contribution in [3.05, 3.63) is 38.8 Å². The average Bonchev–Trinajstić information content (AvgIpc) is 2.94. The maximum absolute atomic E-state index is 11.1. The summed E-state index contributed by atoms with van der Waals surface area (Å²) in [7, 11) is 0. The van der Waals surface area contributed by atoms with Crippen molar-refractivity contribution in [3.63, 3.8) is 0 Å². The van der Waals surface area contributed by atoms with Crippen LogP contribution in [0.25, 0.3) is 16.3 Å². The fourth-order valence-electron chi connectivity index (χ4n) is 1.67. The highest BCUT2D eigenvalue weighted by molar-refractivity contribution is 9.11. The molecular weight excluding hydrogens is 354 g/mol. The highest BCUT2D eigenvalue weighted by Gasteiger charge is 2.15. The van der Waals surface area contributed by atoms with E-state index in [9.17, 15) is 4.79 Å². The van der Waals surface area contributed by atoms with Gasteiger partial charge in [0.2, 0.25) is 0 Å². The first kappa shape index (κ1) is 12.6. The van der Waals surface area contributed by atoms with E-state index in [4.69, 9.17) is 16.7 Å². The minimum Gasteiger partial charge on any atom is -0.478 e. The van der Waals surface area contributed by atoms with Gasteiger partial charge in [0.25, 0.3) is 0 Å². The number of carboxylic acid groups (broad SMARTS) is 1. The molecule has 0 amide bonds. The van der Waals surface area contributed by atoms with Crippen LogP contribution in [0.2, 0.25) is 5.02 Å². The van der Waals surface area contributed by atoms with Crippen molar-refractivity contribution < 1.29 is 9.90 Å². The summed E-state index contributed by atoms with van der Waals surface area (Å²) in [5.41, 5.74) is 0.528. The monoisotopic (exact) mass is 357 g/mol. The molecule has 0 unspecified atom stereocenters. The average molecular weight is 359 g/mol. The molecule has 5 nitrogen and oxygen atoms in total. The Morgan fingerprint density at radius 2 is 2.21 bits per heavy atom. The number of aromatic nitrogens is 3. The Morgan fingerprint density at radius 1 is 1.42 bits per heavy atom. The molecule has 0 saturated carbocycles. The van der Waals surface area contributed by atoms with Crippen molar-refractivity contribution in [1.82, 2.24) is 14.6 Å². The minimum atomic E-state index is -1.05. The number of hydrogen-bond donors (Lipinski definition) is 1. The van der Waals surface area contributed by atoms with E-state index in [-0.39, 0.29) is 10.6 Å². The molecule has 0 saturated heterocycles. The second kappa shape index (κ2) is 4.59. The van der Waals surface area contributed by atoms with E-state index in [2.05, 4.69) is 26.1 Å². The fraction of sp³-hybridized carbons (Fsp3) is 0. The van der Waals surface area contributed by atoms with Gasteiger partial charge in [-0.05, 0) is 34.1 Å². The quantitative estimate of drug-likeness (QED) is 0.760. The van der Waals surface area contributed by atoms with E-state index in [1.807, 2.05) is 12.1 Å². The Morgan fingerprint density at radius 3 is 2.84 bits per heavy atom. The third kappa shape index (κ3) is 2.13. The van der Waals surface area contributed by atoms with E-state index < -0.39 is 5.97 Å². The number of nitrogens with zero attached hydrogens (tertiary/aromatic N) is 3. The molecule has 8 heteroatoms. The summed E-state index contributed by atoms with van der Waals surface area (Å²) in [5.74, 6) is -0.480. The van der Waals surface area contributed by atoms with Crippen LogP contribution >= 0.6 is 38.9 Å². The molecule has 0 aliphatic carbocycles. The van der Waals surface area contributed by atoms with Crippen LogP contribution in [0.15, 0.2) is 28.2 Å². The van der Waals surface area contributed by atoms with Gasteiger partial charge in [-0.15, -0.1) is 21.5 Å². The van der Waals surface area contributed by atoms with Gasteiger partial charge >= 0.3 is 5.97 Å². The molecule has 3 aromatic heterocycles. The zero-order chi connectivity index (χ0) is 13.6. The maximum Gasteiger partial charge on any atom is 0.337 e. The van der Waals surface area contributed by atoms with Gasteiger partial charge in [-0.1, -0.05) is 11.6 Å². The van der Waals surface area contributed by atoms with Crippen molar-refractivity contribution in [2.24, 2.45) is 0 Å². The van der Waals surface area contributed by atoms with Crippen LogP contribution in [0.3, 0.4) is 0 Å². The zero-order valence-corrected chi connectivity index (χ0v) is 12.3. The number of pyridine rings is 1. The maximum atomic E-state index is 11.1. The second-order valence-corrected chi connectivity index (χ2v) is 6.57. The van der Waals surface area contributed by atoms with Gasteiger partial charge in [0.05, 0.1) is 19.2 Å². The van der Waals surface area contributed by atoms with E-state index in [0.717, 1.165) is 8.66 Å². The van der Waals surface area contributed by atoms with Gasteiger partial charge in [0.15, 0.2) is 11.5 Å². The molecule has 3 rings (SSSR count). The smallest absolute Gasteiger partial charge is 0.337 e. The number of fused-ring (bicyclic) bond motifs is 1. The van der Waals surface area contributed by atoms with E-state index >= 15 is 0 Å². The van der Waals surface area contributed by atoms with E-state index in [1.54, 1.807) is 4.40 Å². The van der Waals surface area contributed by atoms with Crippen LogP contribution in [-0.2, 0) is 0 Å². The SMILES string of the molecule is O=C(O)c1cc(Cl)c2nnc(-c3ccc(Br)s3)n2c1. The van der Waals surface area contributed by atoms with Crippen LogP contribution in [0.1, 0.15) is 10.4 Å². The summed E-state index contributed by atoms with van der Waals surface area (Å²) in [6, 6.07) is 5.14. The Labute approximate surface area is 124 Å². The molecule has 0 radical (unpaired) electrons. The van der Waals surface area contributed by atoms with Gasteiger partial charge in [-0.2, -0.15) is 0 Å². The standard InChI is InChI=1S/C11H5BrClN3O2S/c12-8-2-1-7(19-8)10-15-14-9-6(13)3-5(11(17)18)4-16(9)10/h1-4H,(H,17,18). The molecule has 0 spiro atoms. The summed E-state index contributed by atoms with van der Waals surface area (Å²) in [6.45, 7) is 0. The van der Waals surface area contributed by atoms with Gasteiger partial charge in [0, 0.05) is 6.20 Å². The van der Waals surface area contributed by atoms with Crippen molar-refractivity contribution in [3.8, 4) is 10.7 Å². The van der Waals surface area contributed by atoms with Gasteiger partial charge in [-0.25, -0.2) is 4.79 Å². The lowest BCUT2D eigenvalue weighted by Crippen LogP contribution is -2.00. The molecule has 0 atom stereocenters. The molecule has 0 aromatic carbocycles. The Bertz CT molecular complexity index is 798. The van der Waals surface area contributed by atoms with Gasteiger partial charge in [0.1, 0.15) is 0 Å². The van der Waals surface area contributed by atoms with Crippen LogP contribution in [0.4, 0.5) is 0 Å². The molecule has 19 heavy (non-hydrogen) atoms. The summed E-state index contributed by atoms with van der Waals surface area (Å²) >= 11 is 10.9. The lowest BCUT2D eigenvalue weighted by Gasteiger charge is -2.01. The lowest BCUT2D eigenvalue weighted by atomic mass is 10.3. The van der Waals surface area contributed by atoms with Crippen molar-refractivity contribution in [2.75, 3.05) is 0 Å². The molecule has 1 N–H and O–H groups in total. The molecule has 3 aromatic rings. The molecule has 0 aliphatic heterocycles. The van der Waals surface area contributed by atoms with Crippen molar-refractivity contribution >= 4 is 50.5 Å². The van der Waals surface area contributed by atoms with Crippen molar-refractivity contribution in [1.29, 1.82) is 0 Å². The summed E-state index contributed by atoms with van der Waals surface area (Å²) < 4.78 is 2.55. The first-order valence-electron chi connectivity index (χ1n) is 5.09. The van der Waals surface area contributed by atoms with Crippen molar-refractivity contribution in [2.45, 2.75) is 0 Å². The normalized spacial score (nSPS) is 11.1. The predicted molar refractivity (Wildman–Crippen MR) is 76.0 cm³/mol. The number of aromatic carboxylic acids is 1. The van der Waals surface area contributed by atoms with Crippen LogP contribution < -0.4 is 0 Å². The highest BCUT2D eigenvalue weighted by Crippen LogP contribution is 2.31. The summed E-state index contributed by atoms with van der Waals surface area (Å²) in [4.78, 5) is 11.9. The molecule has 0 bridgehead atoms. The van der Waals surface area contributed by atoms with Crippen LogP contribution in [0, 0.1) is 0 Å².